The largest absolute Gasteiger partial charge is 0.492 e. The van der Waals surface area contributed by atoms with E-state index in [4.69, 9.17) is 9.47 Å². The van der Waals surface area contributed by atoms with Gasteiger partial charge in [-0.1, -0.05) is 34.7 Å². The summed E-state index contributed by atoms with van der Waals surface area (Å²) in [7, 11) is 0. The molecule has 4 heteroatoms. The van der Waals surface area contributed by atoms with Gasteiger partial charge in [0.05, 0.1) is 13.2 Å². The first-order valence-corrected chi connectivity index (χ1v) is 7.43. The molecule has 98 valence electrons. The minimum Gasteiger partial charge on any atom is -0.492 e. The summed E-state index contributed by atoms with van der Waals surface area (Å²) in [6.45, 7) is 5.43. The molecule has 1 aromatic carbocycles. The lowest BCUT2D eigenvalue weighted by Gasteiger charge is -2.26. The molecule has 3 nitrogen and oxygen atoms in total. The number of morpholine rings is 1. The monoisotopic (exact) mass is 359 g/mol. The topological polar surface area (TPSA) is 21.7 Å². The van der Waals surface area contributed by atoms with Gasteiger partial charge in [0.25, 0.3) is 0 Å². The molecule has 0 unspecified atom stereocenters. The maximum absolute atomic E-state index is 5.73. The number of rotatable bonds is 5. The Morgan fingerprint density at radius 3 is 2.61 bits per heavy atom. The van der Waals surface area contributed by atoms with Crippen molar-refractivity contribution < 1.29 is 9.47 Å². The molecule has 0 saturated carbocycles. The van der Waals surface area contributed by atoms with Gasteiger partial charge in [0, 0.05) is 19.6 Å². The zero-order chi connectivity index (χ0) is 12.6. The van der Waals surface area contributed by atoms with E-state index in [1.807, 2.05) is 16.2 Å². The fraction of sp³-hybridized carbons (Fsp3) is 0.429. The molecule has 1 aliphatic rings. The van der Waals surface area contributed by atoms with Crippen molar-refractivity contribution in [3.05, 3.63) is 33.9 Å². The van der Waals surface area contributed by atoms with Gasteiger partial charge >= 0.3 is 0 Å². The molecular formula is C14H18INO2. The minimum atomic E-state index is 0.738. The van der Waals surface area contributed by atoms with Crippen LogP contribution in [0.1, 0.15) is 5.56 Å². The summed E-state index contributed by atoms with van der Waals surface area (Å²) in [5, 5.41) is 0. The maximum atomic E-state index is 5.73. The zero-order valence-electron chi connectivity index (χ0n) is 10.3. The summed E-state index contributed by atoms with van der Waals surface area (Å²) in [6, 6.07) is 8.18. The standard InChI is InChI=1S/C14H18INO2/c15-6-5-13-1-3-14(4-2-13)18-12-9-16-7-10-17-11-8-16/h1-6H,7-12H2/b6-5+. The van der Waals surface area contributed by atoms with Crippen molar-refractivity contribution in [1.82, 2.24) is 4.90 Å². The van der Waals surface area contributed by atoms with Crippen molar-refractivity contribution in [2.45, 2.75) is 0 Å². The average Bonchev–Trinajstić information content (AvgIpc) is 2.42. The van der Waals surface area contributed by atoms with E-state index < -0.39 is 0 Å². The summed E-state index contributed by atoms with van der Waals surface area (Å²) in [4.78, 5) is 2.37. The summed E-state index contributed by atoms with van der Waals surface area (Å²) in [5.74, 6) is 0.939. The van der Waals surface area contributed by atoms with Crippen molar-refractivity contribution in [2.75, 3.05) is 39.5 Å². The van der Waals surface area contributed by atoms with Gasteiger partial charge in [-0.25, -0.2) is 0 Å². The highest BCUT2D eigenvalue weighted by Crippen LogP contribution is 2.13. The van der Waals surface area contributed by atoms with Gasteiger partial charge < -0.3 is 9.47 Å². The molecule has 0 atom stereocenters. The Kier molecular flexibility index (Phi) is 5.96. The second kappa shape index (κ2) is 7.76. The van der Waals surface area contributed by atoms with E-state index in [2.05, 4.69) is 45.7 Å². The van der Waals surface area contributed by atoms with Crippen LogP contribution in [0.4, 0.5) is 0 Å². The first kappa shape index (κ1) is 13.8. The summed E-state index contributed by atoms with van der Waals surface area (Å²) in [6.07, 6.45) is 2.07. The molecule has 0 amide bonds. The second-order valence-electron chi connectivity index (χ2n) is 4.16. The number of halogens is 1. The van der Waals surface area contributed by atoms with Gasteiger partial charge in [0.1, 0.15) is 12.4 Å². The average molecular weight is 359 g/mol. The van der Waals surface area contributed by atoms with Crippen LogP contribution in [0, 0.1) is 0 Å². The highest BCUT2D eigenvalue weighted by molar-refractivity contribution is 14.1. The van der Waals surface area contributed by atoms with E-state index >= 15 is 0 Å². The molecule has 1 saturated heterocycles. The second-order valence-corrected chi connectivity index (χ2v) is 4.88. The predicted molar refractivity (Wildman–Crippen MR) is 82.3 cm³/mol. The molecule has 1 aliphatic heterocycles. The Hall–Kier alpha value is -0.590. The molecule has 1 heterocycles. The normalized spacial score (nSPS) is 17.2. The lowest BCUT2D eigenvalue weighted by molar-refractivity contribution is 0.0322. The summed E-state index contributed by atoms with van der Waals surface area (Å²) in [5.41, 5.74) is 1.20. The molecule has 0 aliphatic carbocycles. The molecule has 0 radical (unpaired) electrons. The van der Waals surface area contributed by atoms with Crippen LogP contribution in [-0.4, -0.2) is 44.4 Å². The first-order chi connectivity index (χ1) is 8.88. The molecule has 18 heavy (non-hydrogen) atoms. The van der Waals surface area contributed by atoms with E-state index in [-0.39, 0.29) is 0 Å². The van der Waals surface area contributed by atoms with Gasteiger partial charge in [0.2, 0.25) is 0 Å². The molecule has 1 fully saturated rings. The Bertz CT molecular complexity index is 372. The fourth-order valence-corrected chi connectivity index (χ4v) is 2.28. The quantitative estimate of drug-likeness (QED) is 0.755. The SMILES string of the molecule is I/C=C/c1ccc(OCCN2CCOCC2)cc1. The first-order valence-electron chi connectivity index (χ1n) is 6.18. The van der Waals surface area contributed by atoms with Crippen LogP contribution >= 0.6 is 22.6 Å². The van der Waals surface area contributed by atoms with Crippen LogP contribution in [0.5, 0.6) is 5.75 Å². The minimum absolute atomic E-state index is 0.738. The molecule has 0 spiro atoms. The van der Waals surface area contributed by atoms with Crippen LogP contribution in [0.15, 0.2) is 28.3 Å². The number of hydrogen-bond donors (Lipinski definition) is 0. The lowest BCUT2D eigenvalue weighted by atomic mass is 10.2. The molecular weight excluding hydrogens is 341 g/mol. The van der Waals surface area contributed by atoms with Crippen LogP contribution < -0.4 is 4.74 Å². The van der Waals surface area contributed by atoms with Crippen molar-refractivity contribution in [3.63, 3.8) is 0 Å². The van der Waals surface area contributed by atoms with E-state index in [9.17, 15) is 0 Å². The van der Waals surface area contributed by atoms with Crippen molar-refractivity contribution in [3.8, 4) is 5.75 Å². The van der Waals surface area contributed by atoms with Crippen LogP contribution in [0.3, 0.4) is 0 Å². The summed E-state index contributed by atoms with van der Waals surface area (Å²) < 4.78 is 13.1. The zero-order valence-corrected chi connectivity index (χ0v) is 12.5. The third-order valence-electron chi connectivity index (χ3n) is 2.92. The molecule has 2 rings (SSSR count). The molecule has 0 bridgehead atoms. The van der Waals surface area contributed by atoms with Crippen LogP contribution in [0.25, 0.3) is 6.08 Å². The molecule has 0 aromatic heterocycles. The highest BCUT2D eigenvalue weighted by atomic mass is 127. The number of nitrogens with zero attached hydrogens (tertiary/aromatic N) is 1. The van der Waals surface area contributed by atoms with Gasteiger partial charge in [-0.2, -0.15) is 0 Å². The highest BCUT2D eigenvalue weighted by Gasteiger charge is 2.09. The number of hydrogen-bond acceptors (Lipinski definition) is 3. The van der Waals surface area contributed by atoms with Crippen molar-refractivity contribution in [1.29, 1.82) is 0 Å². The van der Waals surface area contributed by atoms with E-state index in [0.717, 1.165) is 45.2 Å². The van der Waals surface area contributed by atoms with Gasteiger partial charge in [-0.05, 0) is 27.9 Å². The molecule has 0 N–H and O–H groups in total. The maximum Gasteiger partial charge on any atom is 0.119 e. The van der Waals surface area contributed by atoms with E-state index in [0.29, 0.717) is 0 Å². The van der Waals surface area contributed by atoms with Crippen molar-refractivity contribution in [2.24, 2.45) is 0 Å². The molecule has 1 aromatic rings. The Morgan fingerprint density at radius 1 is 1.22 bits per heavy atom. The van der Waals surface area contributed by atoms with E-state index in [1.54, 1.807) is 0 Å². The lowest BCUT2D eigenvalue weighted by Crippen LogP contribution is -2.38. The van der Waals surface area contributed by atoms with Crippen LogP contribution in [-0.2, 0) is 4.74 Å². The van der Waals surface area contributed by atoms with Gasteiger partial charge in [-0.15, -0.1) is 0 Å². The summed E-state index contributed by atoms with van der Waals surface area (Å²) >= 11 is 2.22. The smallest absolute Gasteiger partial charge is 0.119 e. The van der Waals surface area contributed by atoms with Crippen molar-refractivity contribution >= 4 is 28.7 Å². The third kappa shape index (κ3) is 4.59. The Labute approximate surface area is 122 Å². The van der Waals surface area contributed by atoms with E-state index in [1.165, 1.54) is 5.56 Å². The Morgan fingerprint density at radius 2 is 1.94 bits per heavy atom. The predicted octanol–water partition coefficient (Wildman–Crippen LogP) is 2.80. The van der Waals surface area contributed by atoms with Crippen LogP contribution in [0.2, 0.25) is 0 Å². The third-order valence-corrected chi connectivity index (χ3v) is 3.28. The van der Waals surface area contributed by atoms with Gasteiger partial charge in [0.15, 0.2) is 0 Å². The Balaban J connectivity index is 1.72. The number of benzene rings is 1. The van der Waals surface area contributed by atoms with Gasteiger partial charge in [-0.3, -0.25) is 4.90 Å². The fourth-order valence-electron chi connectivity index (χ4n) is 1.87. The number of ether oxygens (including phenoxy) is 2.